The molecule has 0 bridgehead atoms. The van der Waals surface area contributed by atoms with Crippen molar-refractivity contribution in [2.24, 2.45) is 5.92 Å². The largest absolute Gasteiger partial charge is 0.368 e. The number of rotatable bonds is 2. The topological polar surface area (TPSA) is 63.8 Å². The molecule has 1 heterocycles. The van der Waals surface area contributed by atoms with Gasteiger partial charge in [0.05, 0.1) is 0 Å². The molecule has 1 aromatic rings. The van der Waals surface area contributed by atoms with Crippen LogP contribution in [0.1, 0.15) is 44.7 Å². The molecule has 4 heteroatoms. The van der Waals surface area contributed by atoms with Gasteiger partial charge in [-0.2, -0.15) is 4.98 Å². The van der Waals surface area contributed by atoms with Gasteiger partial charge < -0.3 is 11.1 Å². The monoisotopic (exact) mass is 234 g/mol. The molecule has 1 aliphatic carbocycles. The van der Waals surface area contributed by atoms with Crippen molar-refractivity contribution in [3.63, 3.8) is 0 Å². The highest BCUT2D eigenvalue weighted by molar-refractivity contribution is 5.41. The Morgan fingerprint density at radius 1 is 1.24 bits per heavy atom. The second kappa shape index (κ2) is 5.34. The third kappa shape index (κ3) is 3.32. The normalized spacial score (nSPS) is 25.3. The summed E-state index contributed by atoms with van der Waals surface area (Å²) in [6, 6.07) is 2.49. The molecule has 2 atom stereocenters. The van der Waals surface area contributed by atoms with Gasteiger partial charge in [-0.15, -0.1) is 0 Å². The Morgan fingerprint density at radius 3 is 2.76 bits per heavy atom. The smallest absolute Gasteiger partial charge is 0.222 e. The molecule has 0 saturated heterocycles. The number of anilines is 2. The zero-order valence-corrected chi connectivity index (χ0v) is 10.7. The van der Waals surface area contributed by atoms with Crippen LogP contribution in [0.2, 0.25) is 0 Å². The average molecular weight is 234 g/mol. The van der Waals surface area contributed by atoms with Gasteiger partial charge in [-0.25, -0.2) is 4.98 Å². The van der Waals surface area contributed by atoms with E-state index in [2.05, 4.69) is 22.2 Å². The summed E-state index contributed by atoms with van der Waals surface area (Å²) in [5.74, 6) is 1.93. The second-order valence-electron chi connectivity index (χ2n) is 5.12. The summed E-state index contributed by atoms with van der Waals surface area (Å²) in [6.45, 7) is 4.26. The minimum Gasteiger partial charge on any atom is -0.368 e. The van der Waals surface area contributed by atoms with Gasteiger partial charge in [-0.3, -0.25) is 0 Å². The summed E-state index contributed by atoms with van der Waals surface area (Å²) >= 11 is 0. The van der Waals surface area contributed by atoms with Crippen molar-refractivity contribution in [2.45, 2.75) is 52.0 Å². The molecule has 0 aliphatic heterocycles. The van der Waals surface area contributed by atoms with E-state index in [1.165, 1.54) is 32.1 Å². The van der Waals surface area contributed by atoms with Crippen molar-refractivity contribution in [2.75, 3.05) is 11.1 Å². The number of nitrogens with two attached hydrogens (primary N) is 1. The first kappa shape index (κ1) is 12.1. The number of nitrogens with zero attached hydrogens (tertiary/aromatic N) is 2. The van der Waals surface area contributed by atoms with Crippen LogP contribution in [0.5, 0.6) is 0 Å². The quantitative estimate of drug-likeness (QED) is 0.772. The number of nitrogen functional groups attached to an aromatic ring is 1. The fourth-order valence-electron chi connectivity index (χ4n) is 2.56. The maximum absolute atomic E-state index is 5.67. The fraction of sp³-hybridized carbons (Fsp3) is 0.692. The van der Waals surface area contributed by atoms with Crippen LogP contribution in [0.25, 0.3) is 0 Å². The molecule has 3 N–H and O–H groups in total. The Balaban J connectivity index is 2.07. The van der Waals surface area contributed by atoms with Gasteiger partial charge in [0.2, 0.25) is 5.95 Å². The van der Waals surface area contributed by atoms with Crippen molar-refractivity contribution >= 4 is 11.8 Å². The molecule has 1 aromatic heterocycles. The molecule has 2 unspecified atom stereocenters. The van der Waals surface area contributed by atoms with Gasteiger partial charge in [-0.1, -0.05) is 26.2 Å². The Morgan fingerprint density at radius 2 is 2.00 bits per heavy atom. The van der Waals surface area contributed by atoms with Gasteiger partial charge in [0.25, 0.3) is 0 Å². The Bertz CT molecular complexity index is 357. The van der Waals surface area contributed by atoms with E-state index in [0.717, 1.165) is 11.5 Å². The predicted octanol–water partition coefficient (Wildman–Crippen LogP) is 2.75. The summed E-state index contributed by atoms with van der Waals surface area (Å²) in [6.07, 6.45) is 6.54. The van der Waals surface area contributed by atoms with Gasteiger partial charge in [0, 0.05) is 17.8 Å². The van der Waals surface area contributed by atoms with Crippen molar-refractivity contribution < 1.29 is 0 Å². The lowest BCUT2D eigenvalue weighted by atomic mass is 9.97. The van der Waals surface area contributed by atoms with Crippen LogP contribution >= 0.6 is 0 Å². The molecule has 0 radical (unpaired) electrons. The van der Waals surface area contributed by atoms with E-state index in [4.69, 9.17) is 5.73 Å². The molecule has 94 valence electrons. The van der Waals surface area contributed by atoms with Crippen molar-refractivity contribution in [1.29, 1.82) is 0 Å². The summed E-state index contributed by atoms with van der Waals surface area (Å²) in [7, 11) is 0. The summed E-state index contributed by atoms with van der Waals surface area (Å²) in [4.78, 5) is 8.34. The highest BCUT2D eigenvalue weighted by Gasteiger charge is 2.20. The Kier molecular flexibility index (Phi) is 3.82. The molecule has 0 aromatic carbocycles. The summed E-state index contributed by atoms with van der Waals surface area (Å²) in [5, 5.41) is 3.52. The number of hydrogen-bond acceptors (Lipinski definition) is 4. The van der Waals surface area contributed by atoms with Crippen LogP contribution in [0.4, 0.5) is 11.8 Å². The highest BCUT2D eigenvalue weighted by atomic mass is 15.1. The lowest BCUT2D eigenvalue weighted by molar-refractivity contribution is 0.455. The van der Waals surface area contributed by atoms with Crippen LogP contribution in [-0.4, -0.2) is 16.0 Å². The van der Waals surface area contributed by atoms with E-state index < -0.39 is 0 Å². The highest BCUT2D eigenvalue weighted by Crippen LogP contribution is 2.25. The lowest BCUT2D eigenvalue weighted by Gasteiger charge is -2.23. The molecular weight excluding hydrogens is 212 g/mol. The minimum atomic E-state index is 0.355. The van der Waals surface area contributed by atoms with E-state index in [9.17, 15) is 0 Å². The maximum atomic E-state index is 5.67. The summed E-state index contributed by atoms with van der Waals surface area (Å²) in [5.41, 5.74) is 6.59. The number of aryl methyl sites for hydroxylation is 1. The van der Waals surface area contributed by atoms with Crippen molar-refractivity contribution in [3.8, 4) is 0 Å². The molecule has 1 fully saturated rings. The molecular formula is C13H22N4. The third-order valence-electron chi connectivity index (χ3n) is 3.57. The van der Waals surface area contributed by atoms with Crippen molar-refractivity contribution in [1.82, 2.24) is 9.97 Å². The zero-order valence-electron chi connectivity index (χ0n) is 10.7. The average Bonchev–Trinajstić information content (AvgIpc) is 2.43. The molecule has 0 amide bonds. The van der Waals surface area contributed by atoms with E-state index in [0.29, 0.717) is 17.9 Å². The van der Waals surface area contributed by atoms with Crippen LogP contribution in [0.3, 0.4) is 0 Å². The third-order valence-corrected chi connectivity index (χ3v) is 3.57. The minimum absolute atomic E-state index is 0.355. The van der Waals surface area contributed by atoms with Crippen LogP contribution in [-0.2, 0) is 0 Å². The number of nitrogens with one attached hydrogen (secondary N) is 1. The van der Waals surface area contributed by atoms with Gasteiger partial charge in [0.15, 0.2) is 0 Å². The van der Waals surface area contributed by atoms with E-state index in [-0.39, 0.29) is 0 Å². The van der Waals surface area contributed by atoms with Gasteiger partial charge in [-0.05, 0) is 25.7 Å². The lowest BCUT2D eigenvalue weighted by Crippen LogP contribution is -2.27. The first-order valence-corrected chi connectivity index (χ1v) is 6.53. The first-order chi connectivity index (χ1) is 8.15. The van der Waals surface area contributed by atoms with E-state index in [1.54, 1.807) is 0 Å². The van der Waals surface area contributed by atoms with Gasteiger partial charge in [0.1, 0.15) is 5.82 Å². The molecule has 4 nitrogen and oxygen atoms in total. The standard InChI is InChI=1S/C13H22N4/c1-9-6-4-3-5-7-11(9)16-12-8-10(2)15-13(14)17-12/h8-9,11H,3-7H2,1-2H3,(H3,14,15,16,17). The van der Waals surface area contributed by atoms with Crippen LogP contribution in [0.15, 0.2) is 6.07 Å². The molecule has 17 heavy (non-hydrogen) atoms. The molecule has 2 rings (SSSR count). The second-order valence-corrected chi connectivity index (χ2v) is 5.12. The first-order valence-electron chi connectivity index (χ1n) is 6.53. The summed E-state index contributed by atoms with van der Waals surface area (Å²) < 4.78 is 0. The Hall–Kier alpha value is -1.32. The predicted molar refractivity (Wildman–Crippen MR) is 70.8 cm³/mol. The van der Waals surface area contributed by atoms with Crippen LogP contribution in [0, 0.1) is 12.8 Å². The zero-order chi connectivity index (χ0) is 12.3. The fourth-order valence-corrected chi connectivity index (χ4v) is 2.56. The van der Waals surface area contributed by atoms with Crippen LogP contribution < -0.4 is 11.1 Å². The maximum Gasteiger partial charge on any atom is 0.222 e. The molecule has 0 spiro atoms. The number of hydrogen-bond donors (Lipinski definition) is 2. The number of aromatic nitrogens is 2. The molecule has 1 aliphatic rings. The van der Waals surface area contributed by atoms with E-state index in [1.807, 2.05) is 13.0 Å². The Labute approximate surface area is 103 Å². The van der Waals surface area contributed by atoms with Gasteiger partial charge >= 0.3 is 0 Å². The molecule has 1 saturated carbocycles. The SMILES string of the molecule is Cc1cc(NC2CCCCCC2C)nc(N)n1. The van der Waals surface area contributed by atoms with Crippen molar-refractivity contribution in [3.05, 3.63) is 11.8 Å². The van der Waals surface area contributed by atoms with E-state index >= 15 is 0 Å².